The number of carbonyl (C=O) groups is 2. The fraction of sp³-hybridized carbons (Fsp3) is 0.737. The summed E-state index contributed by atoms with van der Waals surface area (Å²) in [4.78, 5) is 27.0. The van der Waals surface area contributed by atoms with Crippen LogP contribution in [0.25, 0.3) is 0 Å². The Labute approximate surface area is 154 Å². The van der Waals surface area contributed by atoms with Crippen LogP contribution in [0.5, 0.6) is 0 Å². The maximum Gasteiger partial charge on any atom is 0.226 e. The fourth-order valence-electron chi connectivity index (χ4n) is 4.10. The number of carbonyl (C=O) groups excluding carboxylic acids is 2. The van der Waals surface area contributed by atoms with Crippen molar-refractivity contribution in [3.63, 3.8) is 0 Å². The van der Waals surface area contributed by atoms with E-state index >= 15 is 0 Å². The average molecular weight is 360 g/mol. The van der Waals surface area contributed by atoms with E-state index in [0.29, 0.717) is 37.9 Å². The molecule has 1 saturated carbocycles. The first-order valence-electron chi connectivity index (χ1n) is 9.77. The maximum atomic E-state index is 12.6. The van der Waals surface area contributed by atoms with Crippen LogP contribution in [0.1, 0.15) is 44.3 Å². The van der Waals surface area contributed by atoms with Crippen molar-refractivity contribution >= 4 is 11.8 Å². The molecule has 0 bridgehead atoms. The number of hydrogen-bond acceptors (Lipinski definition) is 4. The van der Waals surface area contributed by atoms with Gasteiger partial charge in [-0.25, -0.2) is 0 Å². The summed E-state index contributed by atoms with van der Waals surface area (Å²) in [7, 11) is 0. The molecule has 0 unspecified atom stereocenters. The zero-order valence-electron chi connectivity index (χ0n) is 15.4. The van der Waals surface area contributed by atoms with Gasteiger partial charge in [-0.3, -0.25) is 14.3 Å². The molecule has 2 fully saturated rings. The van der Waals surface area contributed by atoms with E-state index in [1.165, 1.54) is 0 Å². The van der Waals surface area contributed by atoms with Crippen molar-refractivity contribution in [2.45, 2.75) is 45.2 Å². The van der Waals surface area contributed by atoms with E-state index in [0.717, 1.165) is 38.2 Å². The molecule has 142 valence electrons. The highest BCUT2D eigenvalue weighted by molar-refractivity contribution is 5.82. The second kappa shape index (κ2) is 7.39. The maximum absolute atomic E-state index is 12.6. The summed E-state index contributed by atoms with van der Waals surface area (Å²) in [5.74, 6) is 1.45. The van der Waals surface area contributed by atoms with Crippen LogP contribution in [0.15, 0.2) is 12.3 Å². The Hall–Kier alpha value is -1.89. The number of hydrogen-bond donors (Lipinski definition) is 1. The van der Waals surface area contributed by atoms with E-state index < -0.39 is 0 Å². The van der Waals surface area contributed by atoms with E-state index in [9.17, 15) is 9.59 Å². The van der Waals surface area contributed by atoms with Gasteiger partial charge in [0.25, 0.3) is 0 Å². The highest BCUT2D eigenvalue weighted by Crippen LogP contribution is 2.40. The molecule has 1 aliphatic carbocycles. The number of fused-ring (bicyclic) bond motifs is 1. The van der Waals surface area contributed by atoms with Crippen molar-refractivity contribution < 1.29 is 14.3 Å². The molecule has 3 aliphatic rings. The van der Waals surface area contributed by atoms with Crippen molar-refractivity contribution in [1.82, 2.24) is 20.0 Å². The SMILES string of the molecule is C[C@@H]1C[C@H]1C(=O)N1Cc2ccnn2[C@@H](CC(=O)NCC2CCOCC2)C1. The molecule has 1 aromatic heterocycles. The normalized spacial score (nSPS) is 28.5. The number of nitrogens with zero attached hydrogens (tertiary/aromatic N) is 3. The predicted octanol–water partition coefficient (Wildman–Crippen LogP) is 1.36. The highest BCUT2D eigenvalue weighted by atomic mass is 16.5. The van der Waals surface area contributed by atoms with Gasteiger partial charge in [0.2, 0.25) is 11.8 Å². The van der Waals surface area contributed by atoms with Gasteiger partial charge in [-0.1, -0.05) is 6.92 Å². The van der Waals surface area contributed by atoms with Gasteiger partial charge in [-0.05, 0) is 37.2 Å². The molecule has 7 nitrogen and oxygen atoms in total. The van der Waals surface area contributed by atoms with Gasteiger partial charge in [-0.2, -0.15) is 5.10 Å². The van der Waals surface area contributed by atoms with Gasteiger partial charge in [0.1, 0.15) is 0 Å². The van der Waals surface area contributed by atoms with Gasteiger partial charge in [0.05, 0.1) is 24.7 Å². The molecule has 0 spiro atoms. The van der Waals surface area contributed by atoms with E-state index in [4.69, 9.17) is 4.74 Å². The second-order valence-corrected chi connectivity index (χ2v) is 8.02. The van der Waals surface area contributed by atoms with Gasteiger partial charge < -0.3 is 15.0 Å². The van der Waals surface area contributed by atoms with Crippen LogP contribution in [0.4, 0.5) is 0 Å². The molecule has 2 amide bonds. The number of nitrogens with one attached hydrogen (secondary N) is 1. The molecular formula is C19H28N4O3. The van der Waals surface area contributed by atoms with E-state index in [2.05, 4.69) is 17.3 Å². The monoisotopic (exact) mass is 360 g/mol. The molecule has 0 aromatic carbocycles. The molecule has 3 atom stereocenters. The Morgan fingerprint density at radius 3 is 2.85 bits per heavy atom. The van der Waals surface area contributed by atoms with Crippen LogP contribution < -0.4 is 5.32 Å². The molecule has 0 radical (unpaired) electrons. The molecule has 1 N–H and O–H groups in total. The van der Waals surface area contributed by atoms with Crippen LogP contribution in [0.3, 0.4) is 0 Å². The third-order valence-electron chi connectivity index (χ3n) is 5.97. The summed E-state index contributed by atoms with van der Waals surface area (Å²) in [5.41, 5.74) is 1.01. The molecule has 4 rings (SSSR count). The minimum absolute atomic E-state index is 0.0389. The van der Waals surface area contributed by atoms with E-state index in [1.54, 1.807) is 6.20 Å². The summed E-state index contributed by atoms with van der Waals surface area (Å²) in [6.07, 6.45) is 5.13. The summed E-state index contributed by atoms with van der Waals surface area (Å²) >= 11 is 0. The van der Waals surface area contributed by atoms with Crippen LogP contribution in [-0.4, -0.2) is 52.8 Å². The van der Waals surface area contributed by atoms with Crippen LogP contribution in [-0.2, 0) is 20.9 Å². The quantitative estimate of drug-likeness (QED) is 0.860. The summed E-state index contributed by atoms with van der Waals surface area (Å²) in [6, 6.07) is 1.87. The lowest BCUT2D eigenvalue weighted by atomic mass is 10.0. The van der Waals surface area contributed by atoms with Gasteiger partial charge >= 0.3 is 0 Å². The molecule has 26 heavy (non-hydrogen) atoms. The zero-order valence-corrected chi connectivity index (χ0v) is 15.4. The van der Waals surface area contributed by atoms with Crippen LogP contribution in [0, 0.1) is 17.8 Å². The van der Waals surface area contributed by atoms with E-state index in [1.807, 2.05) is 15.6 Å². The largest absolute Gasteiger partial charge is 0.381 e. The van der Waals surface area contributed by atoms with Crippen molar-refractivity contribution in [3.05, 3.63) is 18.0 Å². The topological polar surface area (TPSA) is 76.5 Å². The van der Waals surface area contributed by atoms with Crippen LogP contribution in [0.2, 0.25) is 0 Å². The Morgan fingerprint density at radius 1 is 1.35 bits per heavy atom. The Kier molecular flexibility index (Phi) is 4.98. The molecule has 7 heteroatoms. The van der Waals surface area contributed by atoms with E-state index in [-0.39, 0.29) is 23.8 Å². The van der Waals surface area contributed by atoms with Gasteiger partial charge in [0, 0.05) is 38.4 Å². The van der Waals surface area contributed by atoms with Gasteiger partial charge in [-0.15, -0.1) is 0 Å². The van der Waals surface area contributed by atoms with Crippen molar-refractivity contribution in [1.29, 1.82) is 0 Å². The lowest BCUT2D eigenvalue weighted by molar-refractivity contribution is -0.136. The van der Waals surface area contributed by atoms with Crippen LogP contribution >= 0.6 is 0 Å². The second-order valence-electron chi connectivity index (χ2n) is 8.02. The Balaban J connectivity index is 1.35. The number of aromatic nitrogens is 2. The lowest BCUT2D eigenvalue weighted by Crippen LogP contribution is -2.44. The first kappa shape index (κ1) is 17.5. The fourth-order valence-corrected chi connectivity index (χ4v) is 4.10. The van der Waals surface area contributed by atoms with Crippen molar-refractivity contribution in [2.75, 3.05) is 26.3 Å². The minimum atomic E-state index is -0.0820. The lowest BCUT2D eigenvalue weighted by Gasteiger charge is -2.34. The first-order chi connectivity index (χ1) is 12.6. The predicted molar refractivity (Wildman–Crippen MR) is 95.1 cm³/mol. The van der Waals surface area contributed by atoms with Crippen molar-refractivity contribution in [3.8, 4) is 0 Å². The molecule has 1 aromatic rings. The number of rotatable bonds is 5. The third-order valence-corrected chi connectivity index (χ3v) is 5.97. The standard InChI is InChI=1S/C19H28N4O3/c1-13-8-17(13)19(25)22-11-15-2-5-21-23(15)16(12-22)9-18(24)20-10-14-3-6-26-7-4-14/h2,5,13-14,16-17H,3-4,6-12H2,1H3,(H,20,24)/t13-,16+,17-/m1/s1. The van der Waals surface area contributed by atoms with Crippen molar-refractivity contribution in [2.24, 2.45) is 17.8 Å². The summed E-state index contributed by atoms with van der Waals surface area (Å²) in [6.45, 7) is 5.58. The zero-order chi connectivity index (χ0) is 18.1. The molecular weight excluding hydrogens is 332 g/mol. The summed E-state index contributed by atoms with van der Waals surface area (Å²) < 4.78 is 7.29. The highest BCUT2D eigenvalue weighted by Gasteiger charge is 2.43. The smallest absolute Gasteiger partial charge is 0.226 e. The minimum Gasteiger partial charge on any atom is -0.381 e. The molecule has 1 saturated heterocycles. The average Bonchev–Trinajstić information content (AvgIpc) is 3.18. The number of amides is 2. The Morgan fingerprint density at radius 2 is 2.12 bits per heavy atom. The molecule has 2 aliphatic heterocycles. The Bertz CT molecular complexity index is 667. The van der Waals surface area contributed by atoms with Gasteiger partial charge in [0.15, 0.2) is 0 Å². The summed E-state index contributed by atoms with van der Waals surface area (Å²) in [5, 5.41) is 7.46. The third kappa shape index (κ3) is 3.77. The first-order valence-corrected chi connectivity index (χ1v) is 9.77. The molecule has 3 heterocycles. The number of ether oxygens (including phenoxy) is 1.